The highest BCUT2D eigenvalue weighted by Crippen LogP contribution is 2.26. The van der Waals surface area contributed by atoms with Gasteiger partial charge in [-0.25, -0.2) is 4.79 Å². The molecule has 1 fully saturated rings. The number of carbonyl (C=O) groups excluding carboxylic acids is 1. The van der Waals surface area contributed by atoms with E-state index in [1.807, 2.05) is 0 Å². The number of carbonyl (C=O) groups is 1. The van der Waals surface area contributed by atoms with Gasteiger partial charge in [-0.05, 0) is 5.56 Å². The molecule has 0 aliphatic carbocycles. The summed E-state index contributed by atoms with van der Waals surface area (Å²) >= 11 is 0. The first-order valence-electron chi connectivity index (χ1n) is 5.67. The fourth-order valence-corrected chi connectivity index (χ4v) is 1.79. The van der Waals surface area contributed by atoms with E-state index in [2.05, 4.69) is 4.84 Å². The minimum absolute atomic E-state index is 0.0986. The van der Waals surface area contributed by atoms with Gasteiger partial charge in [0.05, 0.1) is 25.8 Å². The van der Waals surface area contributed by atoms with E-state index in [0.717, 1.165) is 10.6 Å². The Balaban J connectivity index is 2.11. The molecule has 7 heteroatoms. The second kappa shape index (κ2) is 5.58. The average Bonchev–Trinajstić information content (AvgIpc) is 2.39. The largest absolute Gasteiger partial charge is 0.492 e. The monoisotopic (exact) mass is 275 g/mol. The summed E-state index contributed by atoms with van der Waals surface area (Å²) in [6.07, 6.45) is -5.00. The molecule has 1 aromatic carbocycles. The average molecular weight is 275 g/mol. The van der Waals surface area contributed by atoms with Crippen LogP contribution in [-0.4, -0.2) is 37.0 Å². The predicted octanol–water partition coefficient (Wildman–Crippen LogP) is 2.08. The minimum atomic E-state index is -5.00. The van der Waals surface area contributed by atoms with Crippen molar-refractivity contribution in [1.82, 2.24) is 5.06 Å². The van der Waals surface area contributed by atoms with Gasteiger partial charge in [0.15, 0.2) is 0 Å². The van der Waals surface area contributed by atoms with Crippen molar-refractivity contribution in [2.75, 3.05) is 19.8 Å². The van der Waals surface area contributed by atoms with Crippen LogP contribution in [0.1, 0.15) is 11.6 Å². The van der Waals surface area contributed by atoms with Gasteiger partial charge in [0, 0.05) is 0 Å². The predicted molar refractivity (Wildman–Crippen MR) is 58.9 cm³/mol. The lowest BCUT2D eigenvalue weighted by Gasteiger charge is -2.33. The van der Waals surface area contributed by atoms with Crippen molar-refractivity contribution in [3.8, 4) is 0 Å². The van der Waals surface area contributed by atoms with Crippen LogP contribution in [0.5, 0.6) is 0 Å². The fraction of sp³-hybridized carbons (Fsp3) is 0.417. The van der Waals surface area contributed by atoms with E-state index < -0.39 is 18.2 Å². The number of alkyl halides is 3. The zero-order valence-corrected chi connectivity index (χ0v) is 9.89. The van der Waals surface area contributed by atoms with E-state index in [0.29, 0.717) is 0 Å². The lowest BCUT2D eigenvalue weighted by Crippen LogP contribution is -2.43. The van der Waals surface area contributed by atoms with Crippen molar-refractivity contribution in [2.24, 2.45) is 0 Å². The SMILES string of the molecule is O=C(ON1CCOCC1c1ccccc1)C(F)(F)F. The lowest BCUT2D eigenvalue weighted by molar-refractivity contribution is -0.260. The standard InChI is InChI=1S/C12H12F3NO3/c13-12(14,15)11(17)19-16-6-7-18-8-10(16)9-4-2-1-3-5-9/h1-5,10H,6-8H2. The highest BCUT2D eigenvalue weighted by molar-refractivity contribution is 5.75. The molecule has 1 saturated heterocycles. The Labute approximate surface area is 107 Å². The molecule has 0 amide bonds. The summed E-state index contributed by atoms with van der Waals surface area (Å²) in [4.78, 5) is 15.3. The smallest absolute Gasteiger partial charge is 0.378 e. The van der Waals surface area contributed by atoms with E-state index in [1.54, 1.807) is 30.3 Å². The van der Waals surface area contributed by atoms with E-state index in [9.17, 15) is 18.0 Å². The molecule has 4 nitrogen and oxygen atoms in total. The maximum Gasteiger partial charge on any atom is 0.492 e. The second-order valence-electron chi connectivity index (χ2n) is 4.02. The van der Waals surface area contributed by atoms with E-state index in [1.165, 1.54) is 0 Å². The van der Waals surface area contributed by atoms with Crippen molar-refractivity contribution < 1.29 is 27.5 Å². The Morgan fingerprint density at radius 1 is 1.32 bits per heavy atom. The van der Waals surface area contributed by atoms with E-state index >= 15 is 0 Å². The Morgan fingerprint density at radius 2 is 2.00 bits per heavy atom. The second-order valence-corrected chi connectivity index (χ2v) is 4.02. The van der Waals surface area contributed by atoms with Crippen LogP contribution >= 0.6 is 0 Å². The Kier molecular flexibility index (Phi) is 4.06. The number of halogens is 3. The summed E-state index contributed by atoms with van der Waals surface area (Å²) in [6.45, 7) is 0.491. The summed E-state index contributed by atoms with van der Waals surface area (Å²) in [7, 11) is 0. The number of ether oxygens (including phenoxy) is 1. The summed E-state index contributed by atoms with van der Waals surface area (Å²) < 4.78 is 41.8. The van der Waals surface area contributed by atoms with E-state index in [-0.39, 0.29) is 19.8 Å². The molecule has 0 radical (unpaired) electrons. The maximum absolute atomic E-state index is 12.2. The molecule has 0 aromatic heterocycles. The normalized spacial score (nSPS) is 21.1. The summed E-state index contributed by atoms with van der Waals surface area (Å²) in [5, 5.41) is 1.02. The van der Waals surface area contributed by atoms with Crippen molar-refractivity contribution in [2.45, 2.75) is 12.2 Å². The van der Waals surface area contributed by atoms with E-state index in [4.69, 9.17) is 4.74 Å². The molecule has 1 atom stereocenters. The van der Waals surface area contributed by atoms with Crippen LogP contribution in [0.2, 0.25) is 0 Å². The van der Waals surface area contributed by atoms with Crippen LogP contribution in [0.3, 0.4) is 0 Å². The number of rotatable bonds is 2. The third kappa shape index (κ3) is 3.45. The molecule has 1 aromatic rings. The molecule has 0 bridgehead atoms. The van der Waals surface area contributed by atoms with Gasteiger partial charge in [-0.15, -0.1) is 5.06 Å². The van der Waals surface area contributed by atoms with Gasteiger partial charge in [0.1, 0.15) is 0 Å². The van der Waals surface area contributed by atoms with Gasteiger partial charge in [-0.2, -0.15) is 13.2 Å². The number of morpholine rings is 1. The summed E-state index contributed by atoms with van der Waals surface area (Å²) in [5.74, 6) is -2.21. The lowest BCUT2D eigenvalue weighted by atomic mass is 10.1. The summed E-state index contributed by atoms with van der Waals surface area (Å²) in [6, 6.07) is 8.27. The Hall–Kier alpha value is -1.60. The topological polar surface area (TPSA) is 38.8 Å². The van der Waals surface area contributed by atoms with Crippen LogP contribution in [0.15, 0.2) is 30.3 Å². The highest BCUT2D eigenvalue weighted by Gasteiger charge is 2.44. The number of benzene rings is 1. The zero-order chi connectivity index (χ0) is 13.9. The van der Waals surface area contributed by atoms with Gasteiger partial charge >= 0.3 is 12.1 Å². The third-order valence-electron chi connectivity index (χ3n) is 2.70. The molecule has 1 heterocycles. The zero-order valence-electron chi connectivity index (χ0n) is 9.89. The molecule has 0 saturated carbocycles. The first kappa shape index (κ1) is 13.8. The Bertz CT molecular complexity index is 436. The third-order valence-corrected chi connectivity index (χ3v) is 2.70. The number of hydroxylamine groups is 2. The molecular formula is C12H12F3NO3. The first-order valence-corrected chi connectivity index (χ1v) is 5.67. The fourth-order valence-electron chi connectivity index (χ4n) is 1.79. The molecule has 0 N–H and O–H groups in total. The first-order chi connectivity index (χ1) is 8.98. The van der Waals surface area contributed by atoms with Crippen LogP contribution in [-0.2, 0) is 14.4 Å². The van der Waals surface area contributed by atoms with Crippen molar-refractivity contribution in [3.63, 3.8) is 0 Å². The van der Waals surface area contributed by atoms with Crippen molar-refractivity contribution in [3.05, 3.63) is 35.9 Å². The molecule has 1 aliphatic rings. The maximum atomic E-state index is 12.2. The number of nitrogens with zero attached hydrogens (tertiary/aromatic N) is 1. The van der Waals surface area contributed by atoms with Crippen LogP contribution in [0.4, 0.5) is 13.2 Å². The number of hydrogen-bond acceptors (Lipinski definition) is 4. The molecule has 0 spiro atoms. The molecule has 19 heavy (non-hydrogen) atoms. The molecule has 1 aliphatic heterocycles. The Morgan fingerprint density at radius 3 is 2.63 bits per heavy atom. The van der Waals surface area contributed by atoms with Crippen LogP contribution in [0.25, 0.3) is 0 Å². The molecule has 104 valence electrons. The highest BCUT2D eigenvalue weighted by atomic mass is 19.4. The molecule has 2 rings (SSSR count). The van der Waals surface area contributed by atoms with Crippen molar-refractivity contribution in [1.29, 1.82) is 0 Å². The van der Waals surface area contributed by atoms with Gasteiger partial charge in [-0.3, -0.25) is 0 Å². The molecular weight excluding hydrogens is 263 g/mol. The number of hydrogen-bond donors (Lipinski definition) is 0. The summed E-state index contributed by atoms with van der Waals surface area (Å²) in [5.41, 5.74) is 0.733. The minimum Gasteiger partial charge on any atom is -0.378 e. The quantitative estimate of drug-likeness (QED) is 0.828. The molecule has 1 unspecified atom stereocenters. The van der Waals surface area contributed by atoms with Gasteiger partial charge in [0.25, 0.3) is 0 Å². The van der Waals surface area contributed by atoms with Gasteiger partial charge in [-0.1, -0.05) is 30.3 Å². The van der Waals surface area contributed by atoms with Gasteiger partial charge in [0.2, 0.25) is 0 Å². The van der Waals surface area contributed by atoms with Crippen LogP contribution < -0.4 is 0 Å². The van der Waals surface area contributed by atoms with Crippen molar-refractivity contribution >= 4 is 5.97 Å². The van der Waals surface area contributed by atoms with Crippen LogP contribution in [0, 0.1) is 0 Å². The van der Waals surface area contributed by atoms with Gasteiger partial charge < -0.3 is 9.57 Å².